The van der Waals surface area contributed by atoms with E-state index in [-0.39, 0.29) is 29.5 Å². The number of allylic oxidation sites excluding steroid dienone is 1. The number of amides is 1. The number of hydrogen-bond donors (Lipinski definition) is 0. The largest absolute Gasteiger partial charge is 0.497 e. The molecule has 4 nitrogen and oxygen atoms in total. The molecule has 1 aliphatic carbocycles. The fraction of sp³-hybridized carbons (Fsp3) is 0.214. The van der Waals surface area contributed by atoms with Crippen molar-refractivity contribution in [2.45, 2.75) is 25.3 Å². The monoisotopic (exact) mass is 458 g/mol. The Kier molecular flexibility index (Phi) is 5.97. The number of nitrogens with zero attached hydrogens (tertiary/aromatic N) is 2. The van der Waals surface area contributed by atoms with Crippen LogP contribution in [0.15, 0.2) is 83.5 Å². The normalized spacial score (nSPS) is 20.7. The molecule has 6 heteroatoms. The summed E-state index contributed by atoms with van der Waals surface area (Å²) in [7, 11) is 1.58. The smallest absolute Gasteiger partial charge is 0.274 e. The summed E-state index contributed by atoms with van der Waals surface area (Å²) >= 11 is 0. The van der Waals surface area contributed by atoms with Gasteiger partial charge in [-0.15, -0.1) is 0 Å². The van der Waals surface area contributed by atoms with E-state index in [0.29, 0.717) is 11.3 Å². The summed E-state index contributed by atoms with van der Waals surface area (Å²) in [5, 5.41) is 6.38. The van der Waals surface area contributed by atoms with E-state index in [1.54, 1.807) is 60.6 Å². The van der Waals surface area contributed by atoms with E-state index in [0.717, 1.165) is 41.7 Å². The van der Waals surface area contributed by atoms with E-state index >= 15 is 0 Å². The molecule has 34 heavy (non-hydrogen) atoms. The van der Waals surface area contributed by atoms with Gasteiger partial charge in [0.15, 0.2) is 0 Å². The summed E-state index contributed by atoms with van der Waals surface area (Å²) in [5.74, 6) is -0.170. The fourth-order valence-corrected chi connectivity index (χ4v) is 4.79. The molecule has 0 bridgehead atoms. The molecule has 172 valence electrons. The molecule has 0 aromatic heterocycles. The number of rotatable bonds is 4. The van der Waals surface area contributed by atoms with E-state index in [4.69, 9.17) is 9.84 Å². The Morgan fingerprint density at radius 3 is 2.26 bits per heavy atom. The summed E-state index contributed by atoms with van der Waals surface area (Å²) in [5.41, 5.74) is 4.14. The van der Waals surface area contributed by atoms with Gasteiger partial charge in [-0.25, -0.2) is 13.8 Å². The Morgan fingerprint density at radius 2 is 1.62 bits per heavy atom. The lowest BCUT2D eigenvalue weighted by Gasteiger charge is -2.29. The first kappa shape index (κ1) is 22.0. The Balaban J connectivity index is 1.56. The lowest BCUT2D eigenvalue weighted by molar-refractivity contribution is 0.0681. The number of carbonyl (C=O) groups is 1. The second-order valence-electron chi connectivity index (χ2n) is 8.58. The van der Waals surface area contributed by atoms with Gasteiger partial charge in [0.1, 0.15) is 17.4 Å². The number of benzene rings is 3. The maximum Gasteiger partial charge on any atom is 0.274 e. The number of carbonyl (C=O) groups excluding carboxylic acids is 1. The minimum atomic E-state index is -0.331. The van der Waals surface area contributed by atoms with E-state index in [2.05, 4.69) is 0 Å². The van der Waals surface area contributed by atoms with Gasteiger partial charge in [0.25, 0.3) is 5.91 Å². The third kappa shape index (κ3) is 4.23. The molecule has 2 atom stereocenters. The van der Waals surface area contributed by atoms with Crippen LogP contribution in [-0.2, 0) is 0 Å². The molecule has 0 saturated heterocycles. The lowest BCUT2D eigenvalue weighted by Crippen LogP contribution is -2.31. The van der Waals surface area contributed by atoms with Crippen LogP contribution in [0.2, 0.25) is 0 Å². The van der Waals surface area contributed by atoms with Crippen molar-refractivity contribution >= 4 is 17.7 Å². The maximum absolute atomic E-state index is 13.7. The van der Waals surface area contributed by atoms with Gasteiger partial charge < -0.3 is 4.74 Å². The first-order chi connectivity index (χ1) is 16.5. The second kappa shape index (κ2) is 9.21. The van der Waals surface area contributed by atoms with E-state index in [1.165, 1.54) is 24.3 Å². The summed E-state index contributed by atoms with van der Waals surface area (Å²) < 4.78 is 32.3. The molecule has 1 fully saturated rings. The van der Waals surface area contributed by atoms with Crippen LogP contribution in [0.4, 0.5) is 8.78 Å². The first-order valence-corrected chi connectivity index (χ1v) is 11.3. The average Bonchev–Trinajstić information content (AvgIpc) is 3.26. The number of ether oxygens (including phenoxy) is 1. The van der Waals surface area contributed by atoms with Crippen LogP contribution in [0.25, 0.3) is 6.08 Å². The number of fused-ring (bicyclic) bond motifs is 1. The van der Waals surface area contributed by atoms with Gasteiger partial charge in [-0.1, -0.05) is 24.3 Å². The summed E-state index contributed by atoms with van der Waals surface area (Å²) in [6, 6.07) is 19.2. The van der Waals surface area contributed by atoms with Crippen LogP contribution < -0.4 is 4.74 Å². The zero-order valence-corrected chi connectivity index (χ0v) is 18.7. The Hall–Kier alpha value is -3.80. The Morgan fingerprint density at radius 1 is 0.971 bits per heavy atom. The molecule has 5 rings (SSSR count). The van der Waals surface area contributed by atoms with E-state index < -0.39 is 0 Å². The lowest BCUT2D eigenvalue weighted by atomic mass is 9.77. The molecule has 0 unspecified atom stereocenters. The highest BCUT2D eigenvalue weighted by molar-refractivity contribution is 6.09. The predicted octanol–water partition coefficient (Wildman–Crippen LogP) is 6.41. The van der Waals surface area contributed by atoms with Gasteiger partial charge >= 0.3 is 0 Å². The highest BCUT2D eigenvalue weighted by atomic mass is 19.1. The number of hydrazone groups is 1. The zero-order valence-electron chi connectivity index (χ0n) is 18.7. The van der Waals surface area contributed by atoms with Crippen LogP contribution in [0.5, 0.6) is 5.75 Å². The second-order valence-corrected chi connectivity index (χ2v) is 8.58. The third-order valence-electron chi connectivity index (χ3n) is 6.47. The highest BCUT2D eigenvalue weighted by Crippen LogP contribution is 2.45. The van der Waals surface area contributed by atoms with Crippen molar-refractivity contribution in [3.63, 3.8) is 0 Å². The molecule has 0 N–H and O–H groups in total. The molecule has 3 aromatic rings. The van der Waals surface area contributed by atoms with Crippen molar-refractivity contribution < 1.29 is 18.3 Å². The Bertz CT molecular complexity index is 1250. The molecule has 0 spiro atoms. The van der Waals surface area contributed by atoms with Crippen LogP contribution in [-0.4, -0.2) is 23.7 Å². The summed E-state index contributed by atoms with van der Waals surface area (Å²) in [6.45, 7) is 0. The van der Waals surface area contributed by atoms with Gasteiger partial charge in [0.05, 0.1) is 18.9 Å². The molecule has 1 saturated carbocycles. The van der Waals surface area contributed by atoms with Gasteiger partial charge in [-0.05, 0) is 90.6 Å². The molecule has 2 aliphatic rings. The molecular weight excluding hydrogens is 434 g/mol. The quantitative estimate of drug-likeness (QED) is 0.453. The van der Waals surface area contributed by atoms with Crippen molar-refractivity contribution in [1.29, 1.82) is 0 Å². The minimum absolute atomic E-state index is 0.00638. The maximum atomic E-state index is 13.7. The predicted molar refractivity (Wildman–Crippen MR) is 127 cm³/mol. The minimum Gasteiger partial charge on any atom is -0.497 e. The van der Waals surface area contributed by atoms with Crippen molar-refractivity contribution in [2.24, 2.45) is 11.0 Å². The van der Waals surface area contributed by atoms with Crippen LogP contribution in [0.1, 0.15) is 46.8 Å². The average molecular weight is 459 g/mol. The summed E-state index contributed by atoms with van der Waals surface area (Å²) in [4.78, 5) is 13.6. The Labute approximate surface area is 197 Å². The molecule has 1 amide bonds. The van der Waals surface area contributed by atoms with Crippen molar-refractivity contribution in [2.75, 3.05) is 7.11 Å². The number of methoxy groups -OCH3 is 1. The molecule has 1 heterocycles. The zero-order chi connectivity index (χ0) is 23.7. The SMILES string of the molecule is COc1ccc(C(=O)N2N=C3/C(=C/c4ccc(F)cc4)CCC[C@H]3[C@@H]2c2ccc(F)cc2)cc1. The van der Waals surface area contributed by atoms with Gasteiger partial charge in [-0.2, -0.15) is 5.10 Å². The van der Waals surface area contributed by atoms with Crippen LogP contribution in [0, 0.1) is 17.6 Å². The van der Waals surface area contributed by atoms with Crippen LogP contribution >= 0.6 is 0 Å². The van der Waals surface area contributed by atoms with E-state index in [9.17, 15) is 13.6 Å². The summed E-state index contributed by atoms with van der Waals surface area (Å²) in [6.07, 6.45) is 4.66. The molecule has 1 aliphatic heterocycles. The fourth-order valence-electron chi connectivity index (χ4n) is 4.79. The first-order valence-electron chi connectivity index (χ1n) is 11.3. The van der Waals surface area contributed by atoms with Crippen molar-refractivity contribution in [1.82, 2.24) is 5.01 Å². The van der Waals surface area contributed by atoms with Gasteiger partial charge in [-0.3, -0.25) is 4.79 Å². The molecular formula is C28H24F2N2O2. The molecule has 0 radical (unpaired) electrons. The standard InChI is InChI=1S/C28H24F2N2O2/c1-34-24-15-9-20(10-16-24)28(33)32-27(19-7-13-23(30)14-8-19)25-4-2-3-21(26(25)31-32)17-18-5-11-22(29)12-6-18/h5-17,25,27H,2-4H2,1H3/b21-17+/t25-,27+/m1/s1. The van der Waals surface area contributed by atoms with Gasteiger partial charge in [0.2, 0.25) is 0 Å². The van der Waals surface area contributed by atoms with E-state index in [1.807, 2.05) is 6.08 Å². The van der Waals surface area contributed by atoms with Crippen molar-refractivity contribution in [3.8, 4) is 5.75 Å². The molecule has 3 aromatic carbocycles. The van der Waals surface area contributed by atoms with Gasteiger partial charge in [0, 0.05) is 11.5 Å². The van der Waals surface area contributed by atoms with Crippen LogP contribution in [0.3, 0.4) is 0 Å². The third-order valence-corrected chi connectivity index (χ3v) is 6.47. The number of halogens is 2. The topological polar surface area (TPSA) is 41.9 Å². The highest BCUT2D eigenvalue weighted by Gasteiger charge is 2.43. The van der Waals surface area contributed by atoms with Crippen molar-refractivity contribution in [3.05, 3.63) is 107 Å². The number of hydrogen-bond acceptors (Lipinski definition) is 3.